The molecule has 2 atom stereocenters. The van der Waals surface area contributed by atoms with Crippen molar-refractivity contribution in [2.24, 2.45) is 11.7 Å². The lowest BCUT2D eigenvalue weighted by Crippen LogP contribution is -2.39. The van der Waals surface area contributed by atoms with Gasteiger partial charge in [-0.15, -0.1) is 24.8 Å². The number of amides is 1. The minimum atomic E-state index is -0.574. The summed E-state index contributed by atoms with van der Waals surface area (Å²) in [6.07, 6.45) is 2.61. The monoisotopic (exact) mass is 347 g/mol. The Hall–Kier alpha value is -0.810. The molecule has 0 saturated carbocycles. The van der Waals surface area contributed by atoms with Crippen LogP contribution in [-0.2, 0) is 4.79 Å². The van der Waals surface area contributed by atoms with Crippen molar-refractivity contribution >= 4 is 30.7 Å². The zero-order chi connectivity index (χ0) is 14.4. The fourth-order valence-corrected chi connectivity index (χ4v) is 2.67. The van der Waals surface area contributed by atoms with Gasteiger partial charge in [-0.05, 0) is 37.4 Å². The number of likely N-dealkylation sites (tertiary alicyclic amines) is 1. The number of nitrogens with two attached hydrogens (primary N) is 1. The molecule has 2 unspecified atom stereocenters. The number of nitrogens with zero attached hydrogens (tertiary/aromatic N) is 1. The van der Waals surface area contributed by atoms with Crippen LogP contribution >= 0.6 is 24.8 Å². The summed E-state index contributed by atoms with van der Waals surface area (Å²) in [6, 6.07) is 8.93. The van der Waals surface area contributed by atoms with Gasteiger partial charge >= 0.3 is 0 Å². The van der Waals surface area contributed by atoms with Gasteiger partial charge in [-0.1, -0.05) is 37.3 Å². The first kappa shape index (κ1) is 21.2. The molecule has 1 aromatic rings. The SMILES string of the molecule is CC(CNC(=O)C(N)c1ccccc1)CN1CCCC1.Cl.Cl. The van der Waals surface area contributed by atoms with Gasteiger partial charge in [-0.2, -0.15) is 0 Å². The fraction of sp³-hybridized carbons (Fsp3) is 0.562. The molecule has 1 amide bonds. The van der Waals surface area contributed by atoms with E-state index in [2.05, 4.69) is 17.1 Å². The van der Waals surface area contributed by atoms with Crippen LogP contribution in [0, 0.1) is 5.92 Å². The lowest BCUT2D eigenvalue weighted by atomic mass is 10.1. The second-order valence-corrected chi connectivity index (χ2v) is 5.75. The smallest absolute Gasteiger partial charge is 0.241 e. The Kier molecular flexibility index (Phi) is 10.4. The third-order valence-electron chi connectivity index (χ3n) is 3.83. The van der Waals surface area contributed by atoms with Crippen LogP contribution in [0.25, 0.3) is 0 Å². The van der Waals surface area contributed by atoms with Gasteiger partial charge in [-0.3, -0.25) is 4.79 Å². The predicted octanol–water partition coefficient (Wildman–Crippen LogP) is 2.38. The van der Waals surface area contributed by atoms with Crippen molar-refractivity contribution in [3.05, 3.63) is 35.9 Å². The molecule has 1 saturated heterocycles. The maximum atomic E-state index is 12.0. The third-order valence-corrected chi connectivity index (χ3v) is 3.83. The molecule has 6 heteroatoms. The Morgan fingerprint density at radius 2 is 1.82 bits per heavy atom. The van der Waals surface area contributed by atoms with Crippen molar-refractivity contribution in [1.82, 2.24) is 10.2 Å². The van der Waals surface area contributed by atoms with Crippen LogP contribution in [0.3, 0.4) is 0 Å². The number of hydrogen-bond donors (Lipinski definition) is 2. The van der Waals surface area contributed by atoms with Crippen LogP contribution in [0.15, 0.2) is 30.3 Å². The van der Waals surface area contributed by atoms with Crippen molar-refractivity contribution < 1.29 is 4.79 Å². The first-order valence-corrected chi connectivity index (χ1v) is 7.47. The van der Waals surface area contributed by atoms with E-state index in [9.17, 15) is 4.79 Å². The molecule has 1 heterocycles. The van der Waals surface area contributed by atoms with E-state index < -0.39 is 6.04 Å². The number of rotatable bonds is 6. The summed E-state index contributed by atoms with van der Waals surface area (Å²) in [7, 11) is 0. The quantitative estimate of drug-likeness (QED) is 0.830. The molecular formula is C16H27Cl2N3O. The molecule has 0 bridgehead atoms. The Morgan fingerprint density at radius 1 is 1.23 bits per heavy atom. The molecule has 1 fully saturated rings. The highest BCUT2D eigenvalue weighted by Crippen LogP contribution is 2.11. The van der Waals surface area contributed by atoms with E-state index in [1.54, 1.807) is 0 Å². The molecule has 2 rings (SSSR count). The highest BCUT2D eigenvalue weighted by atomic mass is 35.5. The first-order valence-electron chi connectivity index (χ1n) is 7.47. The molecule has 0 aliphatic carbocycles. The minimum Gasteiger partial charge on any atom is -0.354 e. The molecule has 0 spiro atoms. The van der Waals surface area contributed by atoms with E-state index in [0.717, 1.165) is 12.1 Å². The summed E-state index contributed by atoms with van der Waals surface area (Å²) in [5, 5.41) is 2.96. The number of hydrogen-bond acceptors (Lipinski definition) is 3. The van der Waals surface area contributed by atoms with E-state index in [4.69, 9.17) is 5.73 Å². The Morgan fingerprint density at radius 3 is 2.41 bits per heavy atom. The largest absolute Gasteiger partial charge is 0.354 e. The molecule has 126 valence electrons. The molecule has 1 aromatic carbocycles. The molecule has 1 aliphatic rings. The number of halogens is 2. The average molecular weight is 348 g/mol. The van der Waals surface area contributed by atoms with E-state index in [1.807, 2.05) is 30.3 Å². The average Bonchev–Trinajstić information content (AvgIpc) is 2.97. The maximum absolute atomic E-state index is 12.0. The van der Waals surface area contributed by atoms with Crippen molar-refractivity contribution in [3.63, 3.8) is 0 Å². The second-order valence-electron chi connectivity index (χ2n) is 5.75. The second kappa shape index (κ2) is 10.8. The molecule has 1 aliphatic heterocycles. The Bertz CT molecular complexity index is 425. The Labute approximate surface area is 145 Å². The van der Waals surface area contributed by atoms with E-state index >= 15 is 0 Å². The van der Waals surface area contributed by atoms with Crippen LogP contribution < -0.4 is 11.1 Å². The maximum Gasteiger partial charge on any atom is 0.241 e. The number of carbonyl (C=O) groups is 1. The molecule has 22 heavy (non-hydrogen) atoms. The number of nitrogens with one attached hydrogen (secondary N) is 1. The zero-order valence-corrected chi connectivity index (χ0v) is 14.7. The van der Waals surface area contributed by atoms with Gasteiger partial charge in [-0.25, -0.2) is 0 Å². The van der Waals surface area contributed by atoms with Gasteiger partial charge in [0.15, 0.2) is 0 Å². The van der Waals surface area contributed by atoms with Crippen LogP contribution in [0.5, 0.6) is 0 Å². The molecular weight excluding hydrogens is 321 g/mol. The lowest BCUT2D eigenvalue weighted by molar-refractivity contribution is -0.122. The van der Waals surface area contributed by atoms with E-state index in [-0.39, 0.29) is 30.7 Å². The number of carbonyl (C=O) groups excluding carboxylic acids is 1. The molecule has 0 aromatic heterocycles. The first-order chi connectivity index (χ1) is 9.66. The summed E-state index contributed by atoms with van der Waals surface area (Å²) in [5.41, 5.74) is 6.82. The van der Waals surface area contributed by atoms with E-state index in [1.165, 1.54) is 25.9 Å². The summed E-state index contributed by atoms with van der Waals surface area (Å²) in [4.78, 5) is 14.5. The normalized spacial score (nSPS) is 17.0. The summed E-state index contributed by atoms with van der Waals surface area (Å²) < 4.78 is 0. The standard InChI is InChI=1S/C16H25N3O.2ClH/c1-13(12-19-9-5-6-10-19)11-18-16(20)15(17)14-7-3-2-4-8-14;;/h2-4,7-8,13,15H,5-6,9-12,17H2,1H3,(H,18,20);2*1H. The Balaban J connectivity index is 0.00000220. The van der Waals surface area contributed by atoms with Gasteiger partial charge < -0.3 is 16.0 Å². The summed E-state index contributed by atoms with van der Waals surface area (Å²) in [6.45, 7) is 6.31. The molecule has 3 N–H and O–H groups in total. The van der Waals surface area contributed by atoms with Gasteiger partial charge in [0.2, 0.25) is 5.91 Å². The highest BCUT2D eigenvalue weighted by molar-refractivity contribution is 5.85. The lowest BCUT2D eigenvalue weighted by Gasteiger charge is -2.21. The summed E-state index contributed by atoms with van der Waals surface area (Å²) in [5.74, 6) is 0.365. The van der Waals surface area contributed by atoms with Gasteiger partial charge in [0.1, 0.15) is 6.04 Å². The van der Waals surface area contributed by atoms with Crippen LogP contribution in [0.2, 0.25) is 0 Å². The van der Waals surface area contributed by atoms with Crippen molar-refractivity contribution in [1.29, 1.82) is 0 Å². The topological polar surface area (TPSA) is 58.4 Å². The number of benzene rings is 1. The third kappa shape index (κ3) is 6.53. The highest BCUT2D eigenvalue weighted by Gasteiger charge is 2.18. The van der Waals surface area contributed by atoms with Crippen molar-refractivity contribution in [2.45, 2.75) is 25.8 Å². The zero-order valence-electron chi connectivity index (χ0n) is 13.0. The van der Waals surface area contributed by atoms with Crippen LogP contribution in [0.1, 0.15) is 31.4 Å². The fourth-order valence-electron chi connectivity index (χ4n) is 2.67. The van der Waals surface area contributed by atoms with Crippen molar-refractivity contribution in [3.8, 4) is 0 Å². The van der Waals surface area contributed by atoms with Gasteiger partial charge in [0.25, 0.3) is 0 Å². The summed E-state index contributed by atoms with van der Waals surface area (Å²) >= 11 is 0. The van der Waals surface area contributed by atoms with E-state index in [0.29, 0.717) is 12.5 Å². The molecule has 0 radical (unpaired) electrons. The molecule has 4 nitrogen and oxygen atoms in total. The van der Waals surface area contributed by atoms with Crippen LogP contribution in [0.4, 0.5) is 0 Å². The van der Waals surface area contributed by atoms with Gasteiger partial charge in [0, 0.05) is 13.1 Å². The van der Waals surface area contributed by atoms with Crippen molar-refractivity contribution in [2.75, 3.05) is 26.2 Å². The minimum absolute atomic E-state index is 0. The van der Waals surface area contributed by atoms with Crippen LogP contribution in [-0.4, -0.2) is 37.0 Å². The predicted molar refractivity (Wildman–Crippen MR) is 95.7 cm³/mol. The van der Waals surface area contributed by atoms with Gasteiger partial charge in [0.05, 0.1) is 0 Å².